The van der Waals surface area contributed by atoms with Gasteiger partial charge in [-0.25, -0.2) is 5.10 Å². The van der Waals surface area contributed by atoms with Crippen LogP contribution < -0.4 is 22.3 Å². The Balaban J connectivity index is 2.67. The largest absolute Gasteiger partial charge is 0.368 e. The minimum absolute atomic E-state index is 0.0769. The maximum Gasteiger partial charge on any atom is 0.311 e. The van der Waals surface area contributed by atoms with E-state index in [-0.39, 0.29) is 18.0 Å². The number of benzene rings is 1. The lowest BCUT2D eigenvalue weighted by Crippen LogP contribution is -2.14. The van der Waals surface area contributed by atoms with Crippen LogP contribution >= 0.6 is 10.2 Å². The minimum Gasteiger partial charge on any atom is -0.368 e. The van der Waals surface area contributed by atoms with Gasteiger partial charge in [-0.1, -0.05) is 19.4 Å². The molecular formula is C9H9F5N8S. The van der Waals surface area contributed by atoms with Crippen LogP contribution in [-0.2, 0) is 0 Å². The van der Waals surface area contributed by atoms with Crippen molar-refractivity contribution >= 4 is 33.5 Å². The van der Waals surface area contributed by atoms with Crippen LogP contribution in [0, 0.1) is 11.3 Å². The highest BCUT2D eigenvalue weighted by atomic mass is 32.5. The second kappa shape index (κ2) is 4.36. The molecule has 0 aliphatic heterocycles. The highest BCUT2D eigenvalue weighted by molar-refractivity contribution is 8.45. The number of nitrogen functional groups attached to an aromatic ring is 2. The Hall–Kier alpha value is -2.79. The van der Waals surface area contributed by atoms with Crippen molar-refractivity contribution < 1.29 is 19.4 Å². The number of aromatic amines is 1. The van der Waals surface area contributed by atoms with Gasteiger partial charge >= 0.3 is 10.2 Å². The third-order valence-corrected chi connectivity index (χ3v) is 3.70. The van der Waals surface area contributed by atoms with Gasteiger partial charge in [-0.05, 0) is 12.1 Å². The highest BCUT2D eigenvalue weighted by Gasteiger charge is 2.67. The van der Waals surface area contributed by atoms with E-state index in [1.165, 1.54) is 0 Å². The molecule has 23 heavy (non-hydrogen) atoms. The van der Waals surface area contributed by atoms with Crippen LogP contribution in [0.3, 0.4) is 0 Å². The number of hydrogen-bond acceptors (Lipinski definition) is 7. The van der Waals surface area contributed by atoms with E-state index in [1.54, 1.807) is 5.43 Å². The Morgan fingerprint density at radius 3 is 2.30 bits per heavy atom. The summed E-state index contributed by atoms with van der Waals surface area (Å²) in [5.41, 5.74) is 4.56. The Morgan fingerprint density at radius 1 is 1.22 bits per heavy atom. The number of hydrogen-bond donors (Lipinski definition) is 5. The lowest BCUT2D eigenvalue weighted by Gasteiger charge is -2.41. The molecule has 2 rings (SSSR count). The third kappa shape index (κ3) is 3.52. The van der Waals surface area contributed by atoms with Crippen molar-refractivity contribution in [2.24, 2.45) is 5.84 Å². The van der Waals surface area contributed by atoms with Crippen molar-refractivity contribution in [1.82, 2.24) is 15.2 Å². The summed E-state index contributed by atoms with van der Waals surface area (Å²) in [6, 6.07) is 2.06. The van der Waals surface area contributed by atoms with Crippen molar-refractivity contribution in [3.63, 3.8) is 0 Å². The number of hydrazine groups is 1. The lowest BCUT2D eigenvalue weighted by atomic mass is 10.1. The molecule has 0 saturated carbocycles. The number of H-pyrrole nitrogens is 1. The van der Waals surface area contributed by atoms with Crippen LogP contribution in [0.5, 0.6) is 0 Å². The SMILES string of the molecule is N#Cc1c(NN)cc(Nc2n[nH]c(N)n2)cc1S(F)(F)(F)(F)F. The van der Waals surface area contributed by atoms with Crippen molar-refractivity contribution in [2.75, 3.05) is 16.5 Å². The van der Waals surface area contributed by atoms with Gasteiger partial charge in [-0.15, -0.1) is 5.10 Å². The molecule has 0 unspecified atom stereocenters. The maximum absolute atomic E-state index is 13.1. The number of rotatable bonds is 4. The molecule has 1 aromatic heterocycles. The summed E-state index contributed by atoms with van der Waals surface area (Å²) < 4.78 is 65.6. The number of nitriles is 1. The molecule has 0 saturated heterocycles. The fourth-order valence-corrected chi connectivity index (χ4v) is 2.57. The van der Waals surface area contributed by atoms with E-state index in [2.05, 4.69) is 20.5 Å². The molecule has 1 aromatic carbocycles. The Morgan fingerprint density at radius 2 is 1.87 bits per heavy atom. The van der Waals surface area contributed by atoms with Crippen LogP contribution in [0.25, 0.3) is 0 Å². The van der Waals surface area contributed by atoms with Crippen molar-refractivity contribution in [3.05, 3.63) is 17.7 Å². The van der Waals surface area contributed by atoms with Crippen LogP contribution in [0.1, 0.15) is 5.56 Å². The summed E-state index contributed by atoms with van der Waals surface area (Å²) in [7, 11) is -10.1. The molecule has 14 heteroatoms. The first-order valence-corrected chi connectivity index (χ1v) is 7.53. The second-order valence-electron chi connectivity index (χ2n) is 4.29. The number of nitrogens with one attached hydrogen (secondary N) is 3. The van der Waals surface area contributed by atoms with E-state index < -0.39 is 32.1 Å². The summed E-state index contributed by atoms with van der Waals surface area (Å²) in [5.74, 6) is 4.60. The highest BCUT2D eigenvalue weighted by Crippen LogP contribution is 3.02. The molecule has 0 fully saturated rings. The maximum atomic E-state index is 13.1. The standard InChI is InChI=1S/C9H9F5N8S/c10-23(11,12,13,14)7-2-4(1-6(20-17)5(7)3-15)18-9-19-8(16)21-22-9/h1-2,20H,17H2,(H4,16,18,19,21,22). The zero-order valence-electron chi connectivity index (χ0n) is 10.9. The van der Waals surface area contributed by atoms with Gasteiger partial charge in [0.05, 0.1) is 11.3 Å². The normalized spacial score (nSPS) is 14.5. The van der Waals surface area contributed by atoms with Crippen molar-refractivity contribution in [3.8, 4) is 6.07 Å². The molecule has 0 bridgehead atoms. The van der Waals surface area contributed by atoms with Crippen molar-refractivity contribution in [1.29, 1.82) is 5.26 Å². The van der Waals surface area contributed by atoms with E-state index in [0.29, 0.717) is 0 Å². The Labute approximate surface area is 125 Å². The molecule has 2 aromatic rings. The van der Waals surface area contributed by atoms with Gasteiger partial charge in [0.15, 0.2) is 0 Å². The van der Waals surface area contributed by atoms with E-state index in [0.717, 1.165) is 12.1 Å². The van der Waals surface area contributed by atoms with Crippen LogP contribution in [0.4, 0.5) is 42.7 Å². The molecule has 0 atom stereocenters. The molecule has 0 amide bonds. The fraction of sp³-hybridized carbons (Fsp3) is 0. The van der Waals surface area contributed by atoms with Gasteiger partial charge in [-0.2, -0.15) is 10.2 Å². The average molecular weight is 356 g/mol. The smallest absolute Gasteiger partial charge is 0.311 e. The molecular weight excluding hydrogens is 347 g/mol. The van der Waals surface area contributed by atoms with Gasteiger partial charge in [0.1, 0.15) is 11.0 Å². The Kier molecular flexibility index (Phi) is 3.14. The zero-order valence-corrected chi connectivity index (χ0v) is 11.8. The topological polar surface area (TPSA) is 141 Å². The number of halogens is 5. The van der Waals surface area contributed by atoms with Gasteiger partial charge in [-0.3, -0.25) is 5.84 Å². The molecule has 0 radical (unpaired) electrons. The molecule has 0 aliphatic rings. The molecule has 0 spiro atoms. The van der Waals surface area contributed by atoms with Crippen molar-refractivity contribution in [2.45, 2.75) is 4.90 Å². The number of aromatic nitrogens is 3. The predicted molar refractivity (Wildman–Crippen MR) is 74.4 cm³/mol. The van der Waals surface area contributed by atoms with E-state index in [4.69, 9.17) is 16.8 Å². The molecule has 7 N–H and O–H groups in total. The lowest BCUT2D eigenvalue weighted by molar-refractivity contribution is 0.363. The first-order chi connectivity index (χ1) is 10.3. The minimum atomic E-state index is -10.1. The average Bonchev–Trinajstić information content (AvgIpc) is 2.80. The quantitative estimate of drug-likeness (QED) is 0.322. The summed E-state index contributed by atoms with van der Waals surface area (Å²) in [6.45, 7) is 0. The number of anilines is 4. The van der Waals surface area contributed by atoms with Gasteiger partial charge < -0.3 is 16.5 Å². The third-order valence-electron chi connectivity index (χ3n) is 2.54. The van der Waals surface area contributed by atoms with Crippen LogP contribution in [0.2, 0.25) is 0 Å². The molecule has 8 nitrogen and oxygen atoms in total. The van der Waals surface area contributed by atoms with Crippen LogP contribution in [0.15, 0.2) is 17.0 Å². The number of nitrogens with zero attached hydrogens (tertiary/aromatic N) is 3. The zero-order chi connectivity index (χ0) is 17.5. The second-order valence-corrected chi connectivity index (χ2v) is 6.67. The Bertz CT molecular complexity index is 808. The predicted octanol–water partition coefficient (Wildman–Crippen LogP) is 2.95. The molecule has 126 valence electrons. The van der Waals surface area contributed by atoms with Crippen LogP contribution in [-0.4, -0.2) is 15.2 Å². The first-order valence-electron chi connectivity index (χ1n) is 5.58. The van der Waals surface area contributed by atoms with E-state index in [9.17, 15) is 19.4 Å². The summed E-state index contributed by atoms with van der Waals surface area (Å²) in [4.78, 5) is 1.17. The van der Waals surface area contributed by atoms with Gasteiger partial charge in [0.2, 0.25) is 11.9 Å². The number of nitrogens with two attached hydrogens (primary N) is 2. The monoisotopic (exact) mass is 356 g/mol. The van der Waals surface area contributed by atoms with E-state index in [1.807, 2.05) is 0 Å². The van der Waals surface area contributed by atoms with Gasteiger partial charge in [0.25, 0.3) is 0 Å². The molecule has 1 heterocycles. The summed E-state index contributed by atoms with van der Waals surface area (Å²) in [6.07, 6.45) is 0. The fourth-order valence-electron chi connectivity index (χ4n) is 1.68. The van der Waals surface area contributed by atoms with E-state index >= 15 is 0 Å². The van der Waals surface area contributed by atoms with Gasteiger partial charge in [0, 0.05) is 5.69 Å². The molecule has 0 aliphatic carbocycles. The first kappa shape index (κ1) is 16.6. The summed E-state index contributed by atoms with van der Waals surface area (Å²) >= 11 is 0. The summed E-state index contributed by atoms with van der Waals surface area (Å²) in [5, 5.41) is 16.7.